The van der Waals surface area contributed by atoms with Gasteiger partial charge in [-0.2, -0.15) is 0 Å². The Labute approximate surface area is 171 Å². The molecule has 2 heterocycles. The highest BCUT2D eigenvalue weighted by Gasteiger charge is 2.49. The van der Waals surface area contributed by atoms with Gasteiger partial charge in [0.05, 0.1) is 18.8 Å². The lowest BCUT2D eigenvalue weighted by Crippen LogP contribution is -2.55. The van der Waals surface area contributed by atoms with Crippen molar-refractivity contribution in [2.75, 3.05) is 31.6 Å². The number of nitrogens with one attached hydrogen (secondary N) is 2. The number of benzene rings is 2. The second-order valence-corrected chi connectivity index (χ2v) is 8.02. The zero-order valence-corrected chi connectivity index (χ0v) is 16.7. The van der Waals surface area contributed by atoms with E-state index in [9.17, 15) is 9.59 Å². The second-order valence-electron chi connectivity index (χ2n) is 8.02. The first-order valence-corrected chi connectivity index (χ1v) is 10.1. The minimum atomic E-state index is -0.475. The number of hydrogen-bond acceptors (Lipinski definition) is 4. The molecule has 2 aliphatic heterocycles. The van der Waals surface area contributed by atoms with Crippen LogP contribution < -0.4 is 10.6 Å². The fourth-order valence-electron chi connectivity index (χ4n) is 4.50. The molecular weight excluding hydrogens is 366 g/mol. The van der Waals surface area contributed by atoms with Gasteiger partial charge in [0.2, 0.25) is 11.8 Å². The number of amides is 2. The quantitative estimate of drug-likeness (QED) is 0.838. The van der Waals surface area contributed by atoms with E-state index in [1.165, 1.54) is 12.5 Å². The first-order chi connectivity index (χ1) is 14.0. The number of ether oxygens (including phenoxy) is 1. The molecule has 6 heteroatoms. The molecule has 1 spiro atoms. The summed E-state index contributed by atoms with van der Waals surface area (Å²) < 4.78 is 5.87. The van der Waals surface area contributed by atoms with Crippen molar-refractivity contribution in [3.63, 3.8) is 0 Å². The molecule has 29 heavy (non-hydrogen) atoms. The third kappa shape index (κ3) is 4.49. The molecule has 2 N–H and O–H groups in total. The van der Waals surface area contributed by atoms with Gasteiger partial charge in [0.15, 0.2) is 0 Å². The van der Waals surface area contributed by atoms with E-state index < -0.39 is 5.54 Å². The van der Waals surface area contributed by atoms with Gasteiger partial charge >= 0.3 is 0 Å². The fourth-order valence-corrected chi connectivity index (χ4v) is 4.50. The first kappa shape index (κ1) is 19.6. The standard InChI is InChI=1S/C23H27N3O3/c1-17(27)24-20-9-5-8-19(12-20)21-14-26(13-18-6-3-2-4-7-18)15-23(21)16-29-11-10-22(28)25-23/h2-9,12,21H,10-11,13-16H2,1H3,(H,24,27)(H,25,28)/t21-,23-/m0/s1. The van der Waals surface area contributed by atoms with Gasteiger partial charge in [-0.05, 0) is 23.3 Å². The van der Waals surface area contributed by atoms with Crippen molar-refractivity contribution in [3.8, 4) is 0 Å². The van der Waals surface area contributed by atoms with E-state index in [0.717, 1.165) is 30.9 Å². The molecule has 0 unspecified atom stereocenters. The van der Waals surface area contributed by atoms with Crippen molar-refractivity contribution in [1.82, 2.24) is 10.2 Å². The van der Waals surface area contributed by atoms with Crippen LogP contribution in [0.2, 0.25) is 0 Å². The summed E-state index contributed by atoms with van der Waals surface area (Å²) in [6, 6.07) is 18.3. The van der Waals surface area contributed by atoms with Crippen molar-refractivity contribution in [2.45, 2.75) is 31.3 Å². The van der Waals surface area contributed by atoms with E-state index in [0.29, 0.717) is 19.6 Å². The average molecular weight is 393 g/mol. The molecule has 0 bridgehead atoms. The van der Waals surface area contributed by atoms with E-state index in [-0.39, 0.29) is 17.7 Å². The van der Waals surface area contributed by atoms with E-state index >= 15 is 0 Å². The predicted octanol–water partition coefficient (Wildman–Crippen LogP) is 2.52. The van der Waals surface area contributed by atoms with Gasteiger partial charge in [-0.1, -0.05) is 42.5 Å². The van der Waals surface area contributed by atoms with Crippen LogP contribution in [0.4, 0.5) is 5.69 Å². The van der Waals surface area contributed by atoms with Gasteiger partial charge in [-0.15, -0.1) is 0 Å². The molecule has 152 valence electrons. The molecule has 2 aliphatic rings. The summed E-state index contributed by atoms with van der Waals surface area (Å²) in [4.78, 5) is 26.3. The topological polar surface area (TPSA) is 70.7 Å². The molecule has 4 rings (SSSR count). The molecule has 0 aromatic heterocycles. The highest BCUT2D eigenvalue weighted by Crippen LogP contribution is 2.39. The van der Waals surface area contributed by atoms with E-state index in [4.69, 9.17) is 4.74 Å². The molecule has 2 fully saturated rings. The van der Waals surface area contributed by atoms with Gasteiger partial charge in [-0.3, -0.25) is 14.5 Å². The summed E-state index contributed by atoms with van der Waals surface area (Å²) >= 11 is 0. The monoisotopic (exact) mass is 393 g/mol. The highest BCUT2D eigenvalue weighted by atomic mass is 16.5. The lowest BCUT2D eigenvalue weighted by atomic mass is 9.82. The van der Waals surface area contributed by atoms with Crippen LogP contribution in [0.15, 0.2) is 54.6 Å². The Morgan fingerprint density at radius 3 is 2.86 bits per heavy atom. The number of carbonyl (C=O) groups is 2. The van der Waals surface area contributed by atoms with E-state index in [1.54, 1.807) is 0 Å². The third-order valence-corrected chi connectivity index (χ3v) is 5.69. The first-order valence-electron chi connectivity index (χ1n) is 10.1. The Hall–Kier alpha value is -2.70. The Bertz CT molecular complexity index is 886. The van der Waals surface area contributed by atoms with Gasteiger partial charge in [-0.25, -0.2) is 0 Å². The predicted molar refractivity (Wildman–Crippen MR) is 112 cm³/mol. The molecule has 0 radical (unpaired) electrons. The summed E-state index contributed by atoms with van der Waals surface area (Å²) in [6.07, 6.45) is 0.388. The van der Waals surface area contributed by atoms with Gasteiger partial charge in [0, 0.05) is 44.6 Å². The highest BCUT2D eigenvalue weighted by molar-refractivity contribution is 5.88. The maximum absolute atomic E-state index is 12.4. The molecular formula is C23H27N3O3. The number of likely N-dealkylation sites (tertiary alicyclic amines) is 1. The smallest absolute Gasteiger partial charge is 0.222 e. The van der Waals surface area contributed by atoms with Crippen molar-refractivity contribution in [1.29, 1.82) is 0 Å². The summed E-state index contributed by atoms with van der Waals surface area (Å²) in [5.74, 6) is 0.00846. The zero-order valence-electron chi connectivity index (χ0n) is 16.7. The average Bonchev–Trinajstić information content (AvgIpc) is 2.91. The van der Waals surface area contributed by atoms with Crippen molar-refractivity contribution >= 4 is 17.5 Å². The van der Waals surface area contributed by atoms with Crippen LogP contribution in [0.3, 0.4) is 0 Å². The molecule has 2 amide bonds. The number of nitrogens with zero attached hydrogens (tertiary/aromatic N) is 1. The van der Waals surface area contributed by atoms with Crippen molar-refractivity contribution in [2.24, 2.45) is 0 Å². The minimum absolute atomic E-state index is 0.0343. The minimum Gasteiger partial charge on any atom is -0.378 e. The van der Waals surface area contributed by atoms with Gasteiger partial charge < -0.3 is 15.4 Å². The third-order valence-electron chi connectivity index (χ3n) is 5.69. The lowest BCUT2D eigenvalue weighted by molar-refractivity contribution is -0.122. The molecule has 0 aliphatic carbocycles. The Kier molecular flexibility index (Phi) is 5.65. The van der Waals surface area contributed by atoms with E-state index in [1.807, 2.05) is 36.4 Å². The van der Waals surface area contributed by atoms with Crippen LogP contribution in [-0.4, -0.2) is 48.6 Å². The van der Waals surface area contributed by atoms with Crippen LogP contribution in [0.25, 0.3) is 0 Å². The molecule has 2 saturated heterocycles. The van der Waals surface area contributed by atoms with Crippen LogP contribution in [0.5, 0.6) is 0 Å². The second kappa shape index (κ2) is 8.35. The SMILES string of the molecule is CC(=O)Nc1cccc([C@@H]2CN(Cc3ccccc3)C[C@]23COCCC(=O)N3)c1. The Balaban J connectivity index is 1.65. The maximum Gasteiger partial charge on any atom is 0.222 e. The molecule has 0 saturated carbocycles. The number of anilines is 1. The normalized spacial score (nSPS) is 24.9. The molecule has 2 aromatic carbocycles. The summed E-state index contributed by atoms with van der Waals surface area (Å²) in [5.41, 5.74) is 2.64. The number of hydrogen-bond donors (Lipinski definition) is 2. The molecule has 6 nitrogen and oxygen atoms in total. The number of carbonyl (C=O) groups excluding carboxylic acids is 2. The molecule has 2 atom stereocenters. The largest absolute Gasteiger partial charge is 0.378 e. The summed E-state index contributed by atoms with van der Waals surface area (Å²) in [5, 5.41) is 6.15. The van der Waals surface area contributed by atoms with Crippen LogP contribution in [0.1, 0.15) is 30.4 Å². The Morgan fingerprint density at radius 1 is 1.24 bits per heavy atom. The maximum atomic E-state index is 12.4. The number of rotatable bonds is 4. The van der Waals surface area contributed by atoms with Gasteiger partial charge in [0.25, 0.3) is 0 Å². The van der Waals surface area contributed by atoms with Crippen LogP contribution in [0, 0.1) is 0 Å². The summed E-state index contributed by atoms with van der Waals surface area (Å²) in [6.45, 7) is 4.79. The van der Waals surface area contributed by atoms with Gasteiger partial charge in [0.1, 0.15) is 0 Å². The Morgan fingerprint density at radius 2 is 2.07 bits per heavy atom. The fraction of sp³-hybridized carbons (Fsp3) is 0.391. The zero-order chi connectivity index (χ0) is 20.3. The van der Waals surface area contributed by atoms with Crippen LogP contribution in [-0.2, 0) is 20.9 Å². The van der Waals surface area contributed by atoms with Crippen molar-refractivity contribution in [3.05, 3.63) is 65.7 Å². The van der Waals surface area contributed by atoms with E-state index in [2.05, 4.69) is 33.7 Å². The van der Waals surface area contributed by atoms with Crippen LogP contribution >= 0.6 is 0 Å². The molecule has 2 aromatic rings. The van der Waals surface area contributed by atoms with Crippen molar-refractivity contribution < 1.29 is 14.3 Å². The summed E-state index contributed by atoms with van der Waals surface area (Å²) in [7, 11) is 0. The lowest BCUT2D eigenvalue weighted by Gasteiger charge is -2.34.